The molecule has 0 radical (unpaired) electrons. The zero-order valence-electron chi connectivity index (χ0n) is 14.3. The Balaban J connectivity index is 1.66. The minimum absolute atomic E-state index is 0.295. The van der Waals surface area contributed by atoms with Crippen LogP contribution in [0.3, 0.4) is 0 Å². The minimum atomic E-state index is 0.295. The molecule has 0 saturated carbocycles. The number of thioether (sulfide) groups is 1. The van der Waals surface area contributed by atoms with Crippen molar-refractivity contribution in [1.29, 1.82) is 0 Å². The average Bonchev–Trinajstić information content (AvgIpc) is 3.27. The van der Waals surface area contributed by atoms with Gasteiger partial charge in [-0.3, -0.25) is 4.57 Å². The second kappa shape index (κ2) is 8.86. The van der Waals surface area contributed by atoms with E-state index in [2.05, 4.69) is 26.9 Å². The predicted molar refractivity (Wildman–Crippen MR) is 99.2 cm³/mol. The molecule has 0 bridgehead atoms. The average molecular weight is 392 g/mol. The molecule has 1 aromatic carbocycles. The van der Waals surface area contributed by atoms with E-state index in [1.54, 1.807) is 18.2 Å². The first-order chi connectivity index (χ1) is 12.7. The molecule has 0 aliphatic heterocycles. The number of hydrogen-bond acceptors (Lipinski definition) is 7. The van der Waals surface area contributed by atoms with E-state index in [0.29, 0.717) is 41.5 Å². The second-order valence-electron chi connectivity index (χ2n) is 5.29. The van der Waals surface area contributed by atoms with Crippen LogP contribution < -0.4 is 4.74 Å². The Labute approximate surface area is 160 Å². The predicted octanol–water partition coefficient (Wildman–Crippen LogP) is 3.93. The first-order valence-electron chi connectivity index (χ1n) is 8.05. The van der Waals surface area contributed by atoms with Gasteiger partial charge in [0.1, 0.15) is 12.4 Å². The number of rotatable bonds is 9. The van der Waals surface area contributed by atoms with Crippen LogP contribution in [0.2, 0.25) is 5.02 Å². The molecule has 0 unspecified atom stereocenters. The van der Waals surface area contributed by atoms with Crippen molar-refractivity contribution in [3.8, 4) is 5.75 Å². The Morgan fingerprint density at radius 1 is 1.31 bits per heavy atom. The van der Waals surface area contributed by atoms with Gasteiger partial charge in [0.2, 0.25) is 5.89 Å². The standard InChI is InChI=1S/C17H18ClN5O2S/c1-3-9-23-15(10-24-13-7-5-12(18)6-8-13)20-21-17(23)26-11-16-19-14(4-2)22-25-16/h3,5-8H,1,4,9-11H2,2H3. The summed E-state index contributed by atoms with van der Waals surface area (Å²) in [6.07, 6.45) is 2.54. The molecule has 3 aromatic rings. The maximum Gasteiger partial charge on any atom is 0.237 e. The highest BCUT2D eigenvalue weighted by Crippen LogP contribution is 2.22. The van der Waals surface area contributed by atoms with Crippen molar-refractivity contribution in [2.24, 2.45) is 0 Å². The van der Waals surface area contributed by atoms with Gasteiger partial charge in [0.05, 0.1) is 5.75 Å². The second-order valence-corrected chi connectivity index (χ2v) is 6.67. The maximum atomic E-state index is 5.88. The Hall–Kier alpha value is -2.32. The lowest BCUT2D eigenvalue weighted by molar-refractivity contribution is 0.289. The van der Waals surface area contributed by atoms with Crippen molar-refractivity contribution in [2.45, 2.75) is 37.4 Å². The molecule has 9 heteroatoms. The van der Waals surface area contributed by atoms with Gasteiger partial charge in [-0.15, -0.1) is 16.8 Å². The van der Waals surface area contributed by atoms with E-state index in [1.807, 2.05) is 23.6 Å². The Bertz CT molecular complexity index is 862. The lowest BCUT2D eigenvalue weighted by atomic mass is 10.3. The quantitative estimate of drug-likeness (QED) is 0.403. The number of aryl methyl sites for hydroxylation is 1. The fourth-order valence-electron chi connectivity index (χ4n) is 2.14. The Morgan fingerprint density at radius 2 is 2.12 bits per heavy atom. The molecule has 2 aromatic heterocycles. The Kier molecular flexibility index (Phi) is 6.30. The molecule has 0 N–H and O–H groups in total. The van der Waals surface area contributed by atoms with Crippen LogP contribution >= 0.6 is 23.4 Å². The number of allylic oxidation sites excluding steroid dienone is 1. The number of ether oxygens (including phenoxy) is 1. The SMILES string of the molecule is C=CCn1c(COc2ccc(Cl)cc2)nnc1SCc1nc(CC)no1. The van der Waals surface area contributed by atoms with Gasteiger partial charge in [-0.25, -0.2) is 0 Å². The number of halogens is 1. The summed E-state index contributed by atoms with van der Waals surface area (Å²) in [4.78, 5) is 4.30. The zero-order chi connectivity index (χ0) is 18.4. The smallest absolute Gasteiger partial charge is 0.237 e. The molecular formula is C17H18ClN5O2S. The van der Waals surface area contributed by atoms with Crippen LogP contribution in [0.1, 0.15) is 24.5 Å². The first-order valence-corrected chi connectivity index (χ1v) is 9.41. The van der Waals surface area contributed by atoms with Crippen LogP contribution in [-0.2, 0) is 25.3 Å². The molecule has 3 rings (SSSR count). The van der Waals surface area contributed by atoms with Crippen LogP contribution in [0.15, 0.2) is 46.6 Å². The topological polar surface area (TPSA) is 78.9 Å². The third kappa shape index (κ3) is 4.64. The van der Waals surface area contributed by atoms with Gasteiger partial charge in [0, 0.05) is 18.0 Å². The minimum Gasteiger partial charge on any atom is -0.486 e. The van der Waals surface area contributed by atoms with Gasteiger partial charge in [-0.2, -0.15) is 4.98 Å². The summed E-state index contributed by atoms with van der Waals surface area (Å²) >= 11 is 7.36. The fraction of sp³-hybridized carbons (Fsp3) is 0.294. The lowest BCUT2D eigenvalue weighted by Gasteiger charge is -2.08. The Morgan fingerprint density at radius 3 is 2.81 bits per heavy atom. The molecule has 7 nitrogen and oxygen atoms in total. The molecule has 26 heavy (non-hydrogen) atoms. The van der Waals surface area contributed by atoms with Crippen molar-refractivity contribution in [2.75, 3.05) is 0 Å². The first kappa shape index (κ1) is 18.5. The van der Waals surface area contributed by atoms with Crippen molar-refractivity contribution in [3.05, 3.63) is 59.5 Å². The van der Waals surface area contributed by atoms with E-state index in [1.165, 1.54) is 11.8 Å². The molecule has 0 spiro atoms. The van der Waals surface area contributed by atoms with Crippen LogP contribution in [0, 0.1) is 0 Å². The molecule has 0 aliphatic rings. The molecular weight excluding hydrogens is 374 g/mol. The summed E-state index contributed by atoms with van der Waals surface area (Å²) in [5, 5.41) is 13.8. The molecule has 0 amide bonds. The van der Waals surface area contributed by atoms with Gasteiger partial charge in [-0.1, -0.05) is 41.5 Å². The summed E-state index contributed by atoms with van der Waals surface area (Å²) in [6.45, 7) is 6.66. The van der Waals surface area contributed by atoms with Gasteiger partial charge < -0.3 is 9.26 Å². The largest absolute Gasteiger partial charge is 0.486 e. The summed E-state index contributed by atoms with van der Waals surface area (Å²) < 4.78 is 12.9. The molecule has 0 saturated heterocycles. The monoisotopic (exact) mass is 391 g/mol. The van der Waals surface area contributed by atoms with Gasteiger partial charge in [-0.05, 0) is 24.3 Å². The third-order valence-corrected chi connectivity index (χ3v) is 4.64. The maximum absolute atomic E-state index is 5.88. The van der Waals surface area contributed by atoms with Gasteiger partial charge in [0.15, 0.2) is 16.8 Å². The van der Waals surface area contributed by atoms with Crippen molar-refractivity contribution in [1.82, 2.24) is 24.9 Å². The van der Waals surface area contributed by atoms with Crippen molar-refractivity contribution < 1.29 is 9.26 Å². The van der Waals surface area contributed by atoms with Crippen LogP contribution in [0.5, 0.6) is 5.75 Å². The van der Waals surface area contributed by atoms with E-state index in [-0.39, 0.29) is 0 Å². The molecule has 0 fully saturated rings. The van der Waals surface area contributed by atoms with Crippen molar-refractivity contribution in [3.63, 3.8) is 0 Å². The van der Waals surface area contributed by atoms with E-state index in [0.717, 1.165) is 17.3 Å². The number of aromatic nitrogens is 5. The third-order valence-electron chi connectivity index (χ3n) is 3.44. The van der Waals surface area contributed by atoms with E-state index in [9.17, 15) is 0 Å². The van der Waals surface area contributed by atoms with E-state index in [4.69, 9.17) is 20.9 Å². The molecule has 136 valence electrons. The number of nitrogens with zero attached hydrogens (tertiary/aromatic N) is 5. The van der Waals surface area contributed by atoms with E-state index < -0.39 is 0 Å². The van der Waals surface area contributed by atoms with Crippen LogP contribution in [0.4, 0.5) is 0 Å². The molecule has 0 atom stereocenters. The number of hydrogen-bond donors (Lipinski definition) is 0. The summed E-state index contributed by atoms with van der Waals surface area (Å²) in [7, 11) is 0. The van der Waals surface area contributed by atoms with E-state index >= 15 is 0 Å². The highest BCUT2D eigenvalue weighted by atomic mass is 35.5. The zero-order valence-corrected chi connectivity index (χ0v) is 15.8. The molecule has 0 aliphatic carbocycles. The van der Waals surface area contributed by atoms with Crippen LogP contribution in [0.25, 0.3) is 0 Å². The van der Waals surface area contributed by atoms with Crippen LogP contribution in [-0.4, -0.2) is 24.9 Å². The highest BCUT2D eigenvalue weighted by molar-refractivity contribution is 7.98. The normalized spacial score (nSPS) is 10.8. The number of benzene rings is 1. The van der Waals surface area contributed by atoms with Gasteiger partial charge in [0.25, 0.3) is 0 Å². The lowest BCUT2D eigenvalue weighted by Crippen LogP contribution is -2.07. The fourth-order valence-corrected chi connectivity index (χ4v) is 3.07. The van der Waals surface area contributed by atoms with Crippen molar-refractivity contribution >= 4 is 23.4 Å². The summed E-state index contributed by atoms with van der Waals surface area (Å²) in [5.74, 6) is 3.22. The summed E-state index contributed by atoms with van der Waals surface area (Å²) in [5.41, 5.74) is 0. The summed E-state index contributed by atoms with van der Waals surface area (Å²) in [6, 6.07) is 7.18. The highest BCUT2D eigenvalue weighted by Gasteiger charge is 2.14. The molecule has 2 heterocycles. The van der Waals surface area contributed by atoms with Gasteiger partial charge >= 0.3 is 0 Å².